The van der Waals surface area contributed by atoms with Crippen LogP contribution in [0.4, 0.5) is 0 Å². The topological polar surface area (TPSA) is 78.9 Å². The van der Waals surface area contributed by atoms with E-state index in [2.05, 4.69) is 118 Å². The molecule has 83 heavy (non-hydrogen) atoms. The smallest absolute Gasteiger partial charge is 0.306 e. The van der Waals surface area contributed by atoms with Crippen molar-refractivity contribution >= 4 is 17.9 Å². The van der Waals surface area contributed by atoms with Crippen LogP contribution in [0.1, 0.15) is 355 Å². The maximum Gasteiger partial charge on any atom is 0.306 e. The highest BCUT2D eigenvalue weighted by Crippen LogP contribution is 2.18. The number of hydrogen-bond acceptors (Lipinski definition) is 6. The van der Waals surface area contributed by atoms with Gasteiger partial charge in [0.25, 0.3) is 0 Å². The summed E-state index contributed by atoms with van der Waals surface area (Å²) in [6.07, 6.45) is 96.2. The minimum Gasteiger partial charge on any atom is -0.462 e. The van der Waals surface area contributed by atoms with Crippen LogP contribution in [0.2, 0.25) is 0 Å². The number of rotatable bonds is 65. The van der Waals surface area contributed by atoms with Gasteiger partial charge >= 0.3 is 17.9 Å². The van der Waals surface area contributed by atoms with E-state index in [9.17, 15) is 14.4 Å². The highest BCUT2D eigenvalue weighted by Gasteiger charge is 2.19. The number of hydrogen-bond donors (Lipinski definition) is 0. The molecule has 0 N–H and O–H groups in total. The molecule has 0 saturated carbocycles. The molecule has 478 valence electrons. The molecule has 0 bridgehead atoms. The van der Waals surface area contributed by atoms with E-state index in [1.54, 1.807) is 0 Å². The summed E-state index contributed by atoms with van der Waals surface area (Å²) in [5, 5.41) is 0. The Morgan fingerprint density at radius 1 is 0.253 bits per heavy atom. The second kappa shape index (κ2) is 70.8. The number of carbonyl (C=O) groups is 3. The molecule has 1 unspecified atom stereocenters. The Hall–Kier alpha value is -3.67. The molecule has 0 radical (unpaired) electrons. The van der Waals surface area contributed by atoms with E-state index in [1.807, 2.05) is 0 Å². The fourth-order valence-corrected chi connectivity index (χ4v) is 10.3. The summed E-state index contributed by atoms with van der Waals surface area (Å²) in [6, 6.07) is 0. The van der Waals surface area contributed by atoms with Gasteiger partial charge < -0.3 is 14.2 Å². The largest absolute Gasteiger partial charge is 0.462 e. The third-order valence-corrected chi connectivity index (χ3v) is 15.6. The first kappa shape index (κ1) is 79.3. The highest BCUT2D eigenvalue weighted by molar-refractivity contribution is 5.71. The van der Waals surface area contributed by atoms with Crippen LogP contribution >= 0.6 is 0 Å². The molecule has 0 fully saturated rings. The number of unbranched alkanes of at least 4 members (excludes halogenated alkanes) is 38. The molecular weight excluding hydrogens is 1020 g/mol. The van der Waals surface area contributed by atoms with Crippen molar-refractivity contribution in [2.24, 2.45) is 0 Å². The first-order valence-corrected chi connectivity index (χ1v) is 35.7. The van der Waals surface area contributed by atoms with Crippen LogP contribution in [0.15, 0.2) is 97.2 Å². The lowest BCUT2D eigenvalue weighted by Crippen LogP contribution is -2.30. The molecule has 0 spiro atoms. The molecule has 1 atom stereocenters. The van der Waals surface area contributed by atoms with E-state index in [0.29, 0.717) is 19.3 Å². The molecule has 0 aromatic carbocycles. The lowest BCUT2D eigenvalue weighted by atomic mass is 10.0. The zero-order valence-electron chi connectivity index (χ0n) is 54.9. The molecule has 6 heteroatoms. The Morgan fingerprint density at radius 2 is 0.470 bits per heavy atom. The van der Waals surface area contributed by atoms with E-state index in [0.717, 1.165) is 103 Å². The molecule has 0 aliphatic heterocycles. The van der Waals surface area contributed by atoms with E-state index >= 15 is 0 Å². The van der Waals surface area contributed by atoms with E-state index in [1.165, 1.54) is 205 Å². The Labute approximate surface area is 515 Å². The Bertz CT molecular complexity index is 1610. The zero-order valence-corrected chi connectivity index (χ0v) is 54.9. The average Bonchev–Trinajstić information content (AvgIpc) is 3.49. The minimum atomic E-state index is -0.799. The monoisotopic (exact) mass is 1160 g/mol. The third kappa shape index (κ3) is 69.0. The molecule has 0 aliphatic rings. The summed E-state index contributed by atoms with van der Waals surface area (Å²) < 4.78 is 16.9. The standard InChI is InChI=1S/C77H134O6/c1-4-7-10-13-16-19-21-23-25-27-29-31-33-35-37-38-39-41-42-44-46-48-50-52-54-56-58-61-64-67-70-76(79)82-73-74(72-81-75(78)69-66-63-60-18-15-12-9-6-3)83-77(80)71-68-65-62-59-57-55-53-51-49-47-45-43-40-36-34-32-30-28-26-24-22-20-17-14-11-8-5-2/h8,11,17,20,24,26,30,32,36,40,45,47,51,53,57,59,74H,4-7,9-10,12-16,18-19,21-23,25,27-29,31,33-35,37-39,41-44,46,48-50,52,54-56,58,60-73H2,1-3H3/b11-8-,20-17-,26-24-,32-30-,40-36-,47-45-,53-51-,59-57-. The van der Waals surface area contributed by atoms with Crippen molar-refractivity contribution in [3.8, 4) is 0 Å². The van der Waals surface area contributed by atoms with Crippen molar-refractivity contribution in [3.63, 3.8) is 0 Å². The Balaban J connectivity index is 4.16. The van der Waals surface area contributed by atoms with Crippen molar-refractivity contribution in [3.05, 3.63) is 97.2 Å². The van der Waals surface area contributed by atoms with Crippen LogP contribution in [-0.4, -0.2) is 37.2 Å². The lowest BCUT2D eigenvalue weighted by Gasteiger charge is -2.18. The van der Waals surface area contributed by atoms with Gasteiger partial charge in [-0.2, -0.15) is 0 Å². The first-order valence-electron chi connectivity index (χ1n) is 35.7. The predicted molar refractivity (Wildman–Crippen MR) is 362 cm³/mol. The summed E-state index contributed by atoms with van der Waals surface area (Å²) in [5.41, 5.74) is 0. The average molecular weight is 1160 g/mol. The first-order chi connectivity index (χ1) is 41.0. The summed E-state index contributed by atoms with van der Waals surface area (Å²) in [5.74, 6) is -0.927. The lowest BCUT2D eigenvalue weighted by molar-refractivity contribution is -0.167. The van der Waals surface area contributed by atoms with Gasteiger partial charge in [0, 0.05) is 19.3 Å². The predicted octanol–water partition coefficient (Wildman–Crippen LogP) is 24.8. The van der Waals surface area contributed by atoms with Crippen LogP contribution in [0.5, 0.6) is 0 Å². The van der Waals surface area contributed by atoms with E-state index < -0.39 is 6.10 Å². The molecule has 0 aromatic rings. The zero-order chi connectivity index (χ0) is 59.9. The molecule has 0 amide bonds. The van der Waals surface area contributed by atoms with Gasteiger partial charge in [0.1, 0.15) is 13.2 Å². The molecule has 0 saturated heterocycles. The summed E-state index contributed by atoms with van der Waals surface area (Å²) in [7, 11) is 0. The quantitative estimate of drug-likeness (QED) is 0.0261. The maximum absolute atomic E-state index is 12.9. The van der Waals surface area contributed by atoms with E-state index in [4.69, 9.17) is 14.2 Å². The fourth-order valence-electron chi connectivity index (χ4n) is 10.3. The number of carbonyl (C=O) groups excluding carboxylic acids is 3. The van der Waals surface area contributed by atoms with Gasteiger partial charge in [-0.3, -0.25) is 14.4 Å². The van der Waals surface area contributed by atoms with Gasteiger partial charge in [0.2, 0.25) is 0 Å². The normalized spacial score (nSPS) is 12.7. The number of ether oxygens (including phenoxy) is 3. The van der Waals surface area contributed by atoms with Crippen molar-refractivity contribution < 1.29 is 28.6 Å². The second-order valence-corrected chi connectivity index (χ2v) is 23.8. The molecule has 0 aliphatic carbocycles. The Morgan fingerprint density at radius 3 is 0.735 bits per heavy atom. The fraction of sp³-hybridized carbons (Fsp3) is 0.753. The van der Waals surface area contributed by atoms with Crippen molar-refractivity contribution in [2.75, 3.05) is 13.2 Å². The summed E-state index contributed by atoms with van der Waals surface area (Å²) in [4.78, 5) is 38.2. The number of allylic oxidation sites excluding steroid dienone is 16. The van der Waals surface area contributed by atoms with Crippen molar-refractivity contribution in [2.45, 2.75) is 361 Å². The molecule has 0 heterocycles. The maximum atomic E-state index is 12.9. The van der Waals surface area contributed by atoms with Gasteiger partial charge in [0.15, 0.2) is 6.10 Å². The molecule has 0 rings (SSSR count). The van der Waals surface area contributed by atoms with Crippen LogP contribution in [0, 0.1) is 0 Å². The number of esters is 3. The summed E-state index contributed by atoms with van der Waals surface area (Å²) >= 11 is 0. The minimum absolute atomic E-state index is 0.0917. The highest BCUT2D eigenvalue weighted by atomic mass is 16.6. The van der Waals surface area contributed by atoms with Crippen LogP contribution in [-0.2, 0) is 28.6 Å². The van der Waals surface area contributed by atoms with Gasteiger partial charge in [-0.15, -0.1) is 0 Å². The molecular formula is C77H134O6. The van der Waals surface area contributed by atoms with Crippen LogP contribution in [0.25, 0.3) is 0 Å². The van der Waals surface area contributed by atoms with Gasteiger partial charge in [-0.05, 0) is 83.5 Å². The van der Waals surface area contributed by atoms with Gasteiger partial charge in [-0.1, -0.05) is 349 Å². The van der Waals surface area contributed by atoms with E-state index in [-0.39, 0.29) is 37.5 Å². The molecule has 6 nitrogen and oxygen atoms in total. The summed E-state index contributed by atoms with van der Waals surface area (Å²) in [6.45, 7) is 6.50. The third-order valence-electron chi connectivity index (χ3n) is 15.6. The van der Waals surface area contributed by atoms with Crippen molar-refractivity contribution in [1.82, 2.24) is 0 Å². The second-order valence-electron chi connectivity index (χ2n) is 23.8. The van der Waals surface area contributed by atoms with Gasteiger partial charge in [0.05, 0.1) is 0 Å². The van der Waals surface area contributed by atoms with Crippen molar-refractivity contribution in [1.29, 1.82) is 0 Å². The SMILES string of the molecule is CC/C=C\C/C=C\C/C=C\C/C=C\C/C=C\C/C=C\C/C=C\C/C=C\CCCCC(=O)OC(COC(=O)CCCCCCCCCC)COC(=O)CCCCCCCCCCCCCCCCCCCCCCCCCCCCCCCC. The Kier molecular flexibility index (Phi) is 67.7. The van der Waals surface area contributed by atoms with Gasteiger partial charge in [-0.25, -0.2) is 0 Å². The molecule has 0 aromatic heterocycles. The van der Waals surface area contributed by atoms with Crippen LogP contribution in [0.3, 0.4) is 0 Å². The van der Waals surface area contributed by atoms with Crippen LogP contribution < -0.4 is 0 Å².